The Labute approximate surface area is 182 Å². The number of amidine groups is 1. The molecule has 31 heavy (non-hydrogen) atoms. The molecule has 0 spiro atoms. The summed E-state index contributed by atoms with van der Waals surface area (Å²) in [7, 11) is 1.90. The average molecular weight is 418 g/mol. The number of nitrogens with zero attached hydrogens (tertiary/aromatic N) is 4. The SMILES string of the molecule is Cc1c(N2C3=[N+](CCCCC3)CC2(O)c2ccccc2)c(=O)n(-c2ccccc2)n1C. The van der Waals surface area contributed by atoms with Crippen LogP contribution in [0.5, 0.6) is 0 Å². The van der Waals surface area contributed by atoms with Crippen LogP contribution in [0.1, 0.15) is 36.9 Å². The van der Waals surface area contributed by atoms with E-state index in [0.29, 0.717) is 12.2 Å². The molecule has 0 saturated heterocycles. The maximum absolute atomic E-state index is 13.8. The topological polar surface area (TPSA) is 53.4 Å². The molecule has 6 heteroatoms. The van der Waals surface area contributed by atoms with E-state index in [2.05, 4.69) is 4.58 Å². The number of aliphatic hydroxyl groups is 1. The van der Waals surface area contributed by atoms with E-state index in [1.54, 1.807) is 4.68 Å². The van der Waals surface area contributed by atoms with E-state index < -0.39 is 5.72 Å². The Balaban J connectivity index is 1.75. The normalized spacial score (nSPS) is 21.3. The molecule has 3 heterocycles. The third-order valence-electron chi connectivity index (χ3n) is 6.72. The lowest BCUT2D eigenvalue weighted by atomic mass is 10.00. The van der Waals surface area contributed by atoms with Gasteiger partial charge < -0.3 is 5.11 Å². The molecule has 6 nitrogen and oxygen atoms in total. The van der Waals surface area contributed by atoms with Crippen LogP contribution in [0.3, 0.4) is 0 Å². The van der Waals surface area contributed by atoms with Crippen molar-refractivity contribution in [2.75, 3.05) is 18.0 Å². The number of hydrogen-bond acceptors (Lipinski definition) is 3. The van der Waals surface area contributed by atoms with E-state index in [0.717, 1.165) is 48.6 Å². The fraction of sp³-hybridized carbons (Fsp3) is 0.360. The van der Waals surface area contributed by atoms with Crippen molar-refractivity contribution in [3.05, 3.63) is 82.3 Å². The zero-order valence-electron chi connectivity index (χ0n) is 18.2. The van der Waals surface area contributed by atoms with Gasteiger partial charge in [-0.15, -0.1) is 0 Å². The van der Waals surface area contributed by atoms with Crippen LogP contribution in [-0.4, -0.2) is 38.0 Å². The summed E-state index contributed by atoms with van der Waals surface area (Å²) in [5, 5.41) is 12.1. The molecule has 1 aromatic heterocycles. The Morgan fingerprint density at radius 3 is 2.35 bits per heavy atom. The molecular weight excluding hydrogens is 388 g/mol. The van der Waals surface area contributed by atoms with Crippen LogP contribution in [0.15, 0.2) is 65.5 Å². The van der Waals surface area contributed by atoms with Gasteiger partial charge in [0.05, 0.1) is 17.9 Å². The summed E-state index contributed by atoms with van der Waals surface area (Å²) in [6.45, 7) is 3.33. The van der Waals surface area contributed by atoms with Crippen LogP contribution < -0.4 is 10.5 Å². The molecule has 0 fully saturated rings. The monoisotopic (exact) mass is 417 g/mol. The van der Waals surface area contributed by atoms with E-state index in [-0.39, 0.29) is 5.56 Å². The standard InChI is InChI=1S/C25H29N4O2/c1-19-23(24(30)29(26(19)2)21-14-8-4-9-15-21)28-22-16-10-5-11-17-27(22)18-25(28,31)20-12-6-3-7-13-20/h3-4,6-9,12-15,31H,5,10-11,16-18H2,1-2H3/q+1. The molecule has 0 saturated carbocycles. The van der Waals surface area contributed by atoms with Gasteiger partial charge in [0.1, 0.15) is 0 Å². The lowest BCUT2D eigenvalue weighted by molar-refractivity contribution is -0.534. The Kier molecular flexibility index (Phi) is 4.82. The Morgan fingerprint density at radius 2 is 1.65 bits per heavy atom. The summed E-state index contributed by atoms with van der Waals surface area (Å²) >= 11 is 0. The van der Waals surface area contributed by atoms with Crippen molar-refractivity contribution in [1.29, 1.82) is 0 Å². The second-order valence-corrected chi connectivity index (χ2v) is 8.58. The molecule has 5 rings (SSSR count). The molecule has 1 unspecified atom stereocenters. The highest BCUT2D eigenvalue weighted by molar-refractivity contribution is 5.97. The Bertz CT molecular complexity index is 1190. The fourth-order valence-electron chi connectivity index (χ4n) is 5.07. The van der Waals surface area contributed by atoms with Crippen molar-refractivity contribution >= 4 is 11.5 Å². The third-order valence-corrected chi connectivity index (χ3v) is 6.72. The molecule has 160 valence electrons. The van der Waals surface area contributed by atoms with E-state index in [9.17, 15) is 9.90 Å². The van der Waals surface area contributed by atoms with Crippen molar-refractivity contribution in [1.82, 2.24) is 9.36 Å². The van der Waals surface area contributed by atoms with Crippen molar-refractivity contribution in [3.63, 3.8) is 0 Å². The lowest BCUT2D eigenvalue weighted by Gasteiger charge is -2.28. The van der Waals surface area contributed by atoms with Crippen LogP contribution in [0.4, 0.5) is 5.69 Å². The van der Waals surface area contributed by atoms with Gasteiger partial charge in [0, 0.05) is 19.0 Å². The molecule has 1 N–H and O–H groups in total. The first-order valence-corrected chi connectivity index (χ1v) is 11.1. The molecule has 3 aromatic rings. The third kappa shape index (κ3) is 3.05. The zero-order chi connectivity index (χ0) is 21.6. The van der Waals surface area contributed by atoms with Gasteiger partial charge in [-0.05, 0) is 38.3 Å². The smallest absolute Gasteiger partial charge is 0.318 e. The van der Waals surface area contributed by atoms with E-state index in [4.69, 9.17) is 0 Å². The van der Waals surface area contributed by atoms with Crippen LogP contribution in [0.25, 0.3) is 5.69 Å². The summed E-state index contributed by atoms with van der Waals surface area (Å²) in [6.07, 6.45) is 4.18. The van der Waals surface area contributed by atoms with Gasteiger partial charge in [-0.25, -0.2) is 4.68 Å². The first kappa shape index (κ1) is 19.8. The van der Waals surface area contributed by atoms with E-state index in [1.807, 2.05) is 84.2 Å². The number of benzene rings is 2. The summed E-state index contributed by atoms with van der Waals surface area (Å²) in [4.78, 5) is 15.8. The van der Waals surface area contributed by atoms with Crippen molar-refractivity contribution in [2.45, 2.75) is 38.3 Å². The number of para-hydroxylation sites is 1. The molecule has 2 aliphatic rings. The maximum Gasteiger partial charge on any atom is 0.318 e. The summed E-state index contributed by atoms with van der Waals surface area (Å²) in [5.74, 6) is 1.05. The van der Waals surface area contributed by atoms with Crippen LogP contribution in [0, 0.1) is 6.92 Å². The largest absolute Gasteiger partial charge is 0.346 e. The molecule has 0 amide bonds. The molecule has 2 aliphatic heterocycles. The number of hydrogen-bond donors (Lipinski definition) is 1. The zero-order valence-corrected chi connectivity index (χ0v) is 18.2. The fourth-order valence-corrected chi connectivity index (χ4v) is 5.07. The molecule has 0 radical (unpaired) electrons. The predicted molar refractivity (Wildman–Crippen MR) is 122 cm³/mol. The first-order valence-electron chi connectivity index (χ1n) is 11.1. The second kappa shape index (κ2) is 7.54. The number of aromatic nitrogens is 2. The molecule has 1 atom stereocenters. The summed E-state index contributed by atoms with van der Waals surface area (Å²) in [6, 6.07) is 19.4. The molecular formula is C25H29N4O2+. The highest BCUT2D eigenvalue weighted by Gasteiger charge is 2.56. The minimum atomic E-state index is -1.28. The highest BCUT2D eigenvalue weighted by Crippen LogP contribution is 2.38. The van der Waals surface area contributed by atoms with E-state index in [1.165, 1.54) is 6.42 Å². The van der Waals surface area contributed by atoms with Gasteiger partial charge in [-0.3, -0.25) is 14.1 Å². The average Bonchev–Trinajstić information content (AvgIpc) is 3.06. The van der Waals surface area contributed by atoms with Crippen LogP contribution >= 0.6 is 0 Å². The molecule has 0 bridgehead atoms. The number of anilines is 1. The minimum Gasteiger partial charge on any atom is -0.346 e. The quantitative estimate of drug-likeness (QED) is 0.666. The van der Waals surface area contributed by atoms with Crippen molar-refractivity contribution in [3.8, 4) is 5.69 Å². The van der Waals surface area contributed by atoms with Crippen molar-refractivity contribution in [2.24, 2.45) is 7.05 Å². The summed E-state index contributed by atoms with van der Waals surface area (Å²) < 4.78 is 5.85. The Hall–Kier alpha value is -3.12. The number of rotatable bonds is 3. The lowest BCUT2D eigenvalue weighted by Crippen LogP contribution is -2.49. The first-order chi connectivity index (χ1) is 15.0. The van der Waals surface area contributed by atoms with E-state index >= 15 is 0 Å². The van der Waals surface area contributed by atoms with Gasteiger partial charge in [-0.2, -0.15) is 4.90 Å². The van der Waals surface area contributed by atoms with Gasteiger partial charge in [-0.1, -0.05) is 48.5 Å². The van der Waals surface area contributed by atoms with Gasteiger partial charge in [0.2, 0.25) is 5.69 Å². The highest BCUT2D eigenvalue weighted by atomic mass is 16.3. The predicted octanol–water partition coefficient (Wildman–Crippen LogP) is 3.13. The Morgan fingerprint density at radius 1 is 0.968 bits per heavy atom. The maximum atomic E-state index is 13.8. The summed E-state index contributed by atoms with van der Waals surface area (Å²) in [5.41, 5.74) is 1.62. The van der Waals surface area contributed by atoms with Crippen LogP contribution in [0.2, 0.25) is 0 Å². The van der Waals surface area contributed by atoms with Gasteiger partial charge in [0.25, 0.3) is 11.6 Å². The molecule has 0 aliphatic carbocycles. The minimum absolute atomic E-state index is 0.112. The van der Waals surface area contributed by atoms with Gasteiger partial charge in [0.15, 0.2) is 6.54 Å². The van der Waals surface area contributed by atoms with Crippen molar-refractivity contribution < 1.29 is 9.68 Å². The molecule has 2 aromatic carbocycles. The van der Waals surface area contributed by atoms with Crippen LogP contribution in [-0.2, 0) is 12.8 Å². The second-order valence-electron chi connectivity index (χ2n) is 8.58. The van der Waals surface area contributed by atoms with Gasteiger partial charge >= 0.3 is 5.56 Å².